The van der Waals surface area contributed by atoms with Crippen LogP contribution in [0.5, 0.6) is 5.75 Å². The number of aromatic nitrogens is 1. The molecule has 0 spiro atoms. The van der Waals surface area contributed by atoms with E-state index in [9.17, 15) is 0 Å². The molecule has 4 nitrogen and oxygen atoms in total. The molecule has 0 aliphatic carbocycles. The zero-order chi connectivity index (χ0) is 18.4. The maximum atomic E-state index is 5.75. The number of benzene rings is 1. The Balaban J connectivity index is 2.12. The summed E-state index contributed by atoms with van der Waals surface area (Å²) in [6, 6.07) is 6.69. The van der Waals surface area contributed by atoms with Gasteiger partial charge in [0.25, 0.3) is 0 Å². The van der Waals surface area contributed by atoms with Gasteiger partial charge in [0, 0.05) is 17.1 Å². The summed E-state index contributed by atoms with van der Waals surface area (Å²) >= 11 is 0. The van der Waals surface area contributed by atoms with Gasteiger partial charge in [-0.05, 0) is 77.0 Å². The van der Waals surface area contributed by atoms with Crippen molar-refractivity contribution in [3.05, 3.63) is 29.5 Å². The van der Waals surface area contributed by atoms with E-state index in [0.29, 0.717) is 6.04 Å². The summed E-state index contributed by atoms with van der Waals surface area (Å²) < 4.78 is 5.75. The molecule has 1 heterocycles. The summed E-state index contributed by atoms with van der Waals surface area (Å²) in [6.45, 7) is 14.3. The first-order chi connectivity index (χ1) is 12.0. The first-order valence-corrected chi connectivity index (χ1v) is 9.43. The number of pyridine rings is 1. The van der Waals surface area contributed by atoms with E-state index in [2.05, 4.69) is 61.1 Å². The van der Waals surface area contributed by atoms with Gasteiger partial charge in [-0.15, -0.1) is 0 Å². The number of hydrogen-bond acceptors (Lipinski definition) is 4. The highest BCUT2D eigenvalue weighted by Gasteiger charge is 2.14. The highest BCUT2D eigenvalue weighted by Crippen LogP contribution is 2.35. The van der Waals surface area contributed by atoms with Crippen LogP contribution in [0.1, 0.15) is 44.9 Å². The predicted octanol–water partition coefficient (Wildman–Crippen LogP) is 4.78. The van der Waals surface area contributed by atoms with Crippen LogP contribution < -0.4 is 10.1 Å². The molecule has 25 heavy (non-hydrogen) atoms. The lowest BCUT2D eigenvalue weighted by Gasteiger charge is -2.22. The molecular weight excluding hydrogens is 310 g/mol. The fourth-order valence-corrected chi connectivity index (χ4v) is 3.48. The Bertz CT molecular complexity index is 695. The Morgan fingerprint density at radius 2 is 1.92 bits per heavy atom. The minimum atomic E-state index is 0.403. The van der Waals surface area contributed by atoms with Crippen molar-refractivity contribution in [2.45, 2.75) is 53.5 Å². The minimum absolute atomic E-state index is 0.403. The topological polar surface area (TPSA) is 37.4 Å². The summed E-state index contributed by atoms with van der Waals surface area (Å²) in [6.07, 6.45) is 2.34. The first-order valence-electron chi connectivity index (χ1n) is 9.43. The van der Waals surface area contributed by atoms with Crippen molar-refractivity contribution < 1.29 is 4.74 Å². The third-order valence-corrected chi connectivity index (χ3v) is 4.86. The summed E-state index contributed by atoms with van der Waals surface area (Å²) in [4.78, 5) is 7.11. The standard InChI is InChI=1S/C21H33N3O/c1-7-24(8-2)13-9-10-16(4)22-19-12-11-18-20(21(19)25-6)15(3)14-17(5)23-18/h11-12,14,16,22H,7-10,13H2,1-6H3. The van der Waals surface area contributed by atoms with Crippen LogP contribution in [0.25, 0.3) is 10.9 Å². The molecule has 0 aliphatic rings. The molecule has 1 N–H and O–H groups in total. The molecule has 0 bridgehead atoms. The lowest BCUT2D eigenvalue weighted by atomic mass is 10.1. The molecule has 1 aromatic carbocycles. The SMILES string of the molecule is CCN(CC)CCCC(C)Nc1ccc2nc(C)cc(C)c2c1OC. The Hall–Kier alpha value is -1.81. The lowest BCUT2D eigenvalue weighted by molar-refractivity contribution is 0.295. The van der Waals surface area contributed by atoms with E-state index in [1.807, 2.05) is 6.92 Å². The summed E-state index contributed by atoms with van der Waals surface area (Å²) in [7, 11) is 1.74. The molecule has 1 unspecified atom stereocenters. The van der Waals surface area contributed by atoms with E-state index in [-0.39, 0.29) is 0 Å². The average Bonchev–Trinajstić information content (AvgIpc) is 2.58. The van der Waals surface area contributed by atoms with Crippen LogP contribution in [0.4, 0.5) is 5.69 Å². The van der Waals surface area contributed by atoms with Crippen molar-refractivity contribution in [2.75, 3.05) is 32.1 Å². The molecule has 0 aliphatic heterocycles. The van der Waals surface area contributed by atoms with Gasteiger partial charge in [-0.2, -0.15) is 0 Å². The zero-order valence-electron chi connectivity index (χ0n) is 16.6. The van der Waals surface area contributed by atoms with Crippen molar-refractivity contribution in [3.8, 4) is 5.75 Å². The maximum absolute atomic E-state index is 5.75. The molecule has 0 fully saturated rings. The molecule has 4 heteroatoms. The monoisotopic (exact) mass is 343 g/mol. The van der Waals surface area contributed by atoms with Gasteiger partial charge < -0.3 is 15.0 Å². The van der Waals surface area contributed by atoms with Gasteiger partial charge in [0.2, 0.25) is 0 Å². The van der Waals surface area contributed by atoms with E-state index in [4.69, 9.17) is 4.74 Å². The van der Waals surface area contributed by atoms with Crippen LogP contribution in [0.2, 0.25) is 0 Å². The van der Waals surface area contributed by atoms with E-state index in [0.717, 1.165) is 54.1 Å². The molecule has 2 rings (SSSR count). The van der Waals surface area contributed by atoms with Gasteiger partial charge in [0.15, 0.2) is 5.75 Å². The Kier molecular flexibility index (Phi) is 7.06. The van der Waals surface area contributed by atoms with Gasteiger partial charge in [0.05, 0.1) is 18.3 Å². The third-order valence-electron chi connectivity index (χ3n) is 4.86. The van der Waals surface area contributed by atoms with Crippen LogP contribution in [-0.2, 0) is 0 Å². The lowest BCUT2D eigenvalue weighted by Crippen LogP contribution is -2.25. The van der Waals surface area contributed by atoms with Crippen LogP contribution in [0, 0.1) is 13.8 Å². The second-order valence-electron chi connectivity index (χ2n) is 6.84. The average molecular weight is 344 g/mol. The summed E-state index contributed by atoms with van der Waals surface area (Å²) in [5.41, 5.74) is 4.29. The minimum Gasteiger partial charge on any atom is -0.494 e. The molecule has 0 radical (unpaired) electrons. The number of nitrogens with one attached hydrogen (secondary N) is 1. The van der Waals surface area contributed by atoms with E-state index >= 15 is 0 Å². The number of hydrogen-bond donors (Lipinski definition) is 1. The highest BCUT2D eigenvalue weighted by atomic mass is 16.5. The van der Waals surface area contributed by atoms with Gasteiger partial charge in [-0.1, -0.05) is 13.8 Å². The van der Waals surface area contributed by atoms with Crippen molar-refractivity contribution >= 4 is 16.6 Å². The fourth-order valence-electron chi connectivity index (χ4n) is 3.48. The summed E-state index contributed by atoms with van der Waals surface area (Å²) in [5.74, 6) is 0.901. The van der Waals surface area contributed by atoms with E-state index in [1.54, 1.807) is 7.11 Å². The Labute approximate surface area is 152 Å². The van der Waals surface area contributed by atoms with Gasteiger partial charge in [-0.25, -0.2) is 0 Å². The molecular formula is C21H33N3O. The number of nitrogens with zero attached hydrogens (tertiary/aromatic N) is 2. The second-order valence-corrected chi connectivity index (χ2v) is 6.84. The van der Waals surface area contributed by atoms with Crippen LogP contribution in [-0.4, -0.2) is 42.7 Å². The van der Waals surface area contributed by atoms with E-state index < -0.39 is 0 Å². The molecule has 1 atom stereocenters. The molecule has 138 valence electrons. The quantitative estimate of drug-likeness (QED) is 0.711. The number of anilines is 1. The number of aryl methyl sites for hydroxylation is 2. The number of ether oxygens (including phenoxy) is 1. The second kappa shape index (κ2) is 9.04. The first kappa shape index (κ1) is 19.5. The number of rotatable bonds is 9. The molecule has 0 saturated carbocycles. The molecule has 0 amide bonds. The Morgan fingerprint density at radius 1 is 1.20 bits per heavy atom. The highest BCUT2D eigenvalue weighted by molar-refractivity contribution is 5.93. The van der Waals surface area contributed by atoms with Gasteiger partial charge in [0.1, 0.15) is 0 Å². The number of methoxy groups -OCH3 is 1. The van der Waals surface area contributed by atoms with Crippen molar-refractivity contribution in [1.29, 1.82) is 0 Å². The Morgan fingerprint density at radius 3 is 2.56 bits per heavy atom. The fraction of sp³-hybridized carbons (Fsp3) is 0.571. The summed E-state index contributed by atoms with van der Waals surface area (Å²) in [5, 5.41) is 4.74. The molecule has 2 aromatic rings. The van der Waals surface area contributed by atoms with Gasteiger partial charge >= 0.3 is 0 Å². The predicted molar refractivity (Wildman–Crippen MR) is 108 cm³/mol. The molecule has 1 aromatic heterocycles. The largest absolute Gasteiger partial charge is 0.494 e. The van der Waals surface area contributed by atoms with Crippen LogP contribution in [0.3, 0.4) is 0 Å². The van der Waals surface area contributed by atoms with Crippen LogP contribution in [0.15, 0.2) is 18.2 Å². The third kappa shape index (κ3) is 4.85. The molecule has 0 saturated heterocycles. The zero-order valence-corrected chi connectivity index (χ0v) is 16.6. The van der Waals surface area contributed by atoms with Crippen molar-refractivity contribution in [3.63, 3.8) is 0 Å². The van der Waals surface area contributed by atoms with E-state index in [1.165, 1.54) is 12.0 Å². The smallest absolute Gasteiger partial charge is 0.151 e. The normalized spacial score (nSPS) is 12.6. The van der Waals surface area contributed by atoms with Crippen molar-refractivity contribution in [2.24, 2.45) is 0 Å². The van der Waals surface area contributed by atoms with Gasteiger partial charge in [-0.3, -0.25) is 4.98 Å². The number of fused-ring (bicyclic) bond motifs is 1. The maximum Gasteiger partial charge on any atom is 0.151 e. The van der Waals surface area contributed by atoms with Crippen molar-refractivity contribution in [1.82, 2.24) is 9.88 Å². The van der Waals surface area contributed by atoms with Crippen LogP contribution >= 0.6 is 0 Å².